The molecule has 138 valence electrons. The van der Waals surface area contributed by atoms with Crippen molar-refractivity contribution < 1.29 is 29.2 Å². The van der Waals surface area contributed by atoms with Crippen molar-refractivity contribution in [1.82, 2.24) is 0 Å². The maximum Gasteiger partial charge on any atom is 0.184 e. The third-order valence-corrected chi connectivity index (χ3v) is 4.68. The van der Waals surface area contributed by atoms with Crippen LogP contribution in [-0.2, 0) is 18.9 Å². The first kappa shape index (κ1) is 17.6. The lowest BCUT2D eigenvalue weighted by atomic mass is 10.0. The van der Waals surface area contributed by atoms with Crippen molar-refractivity contribution in [3.8, 4) is 0 Å². The summed E-state index contributed by atoms with van der Waals surface area (Å²) < 4.78 is 23.6. The molecule has 26 heavy (non-hydrogen) atoms. The third-order valence-electron chi connectivity index (χ3n) is 4.68. The van der Waals surface area contributed by atoms with E-state index in [4.69, 9.17) is 18.9 Å². The maximum atomic E-state index is 10.5. The molecule has 2 N–H and O–H groups in total. The molecule has 2 fully saturated rings. The Balaban J connectivity index is 1.59. The zero-order valence-electron chi connectivity index (χ0n) is 14.2. The second-order valence-corrected chi connectivity index (χ2v) is 6.48. The Bertz CT molecular complexity index is 672. The summed E-state index contributed by atoms with van der Waals surface area (Å²) in [6.07, 6.45) is -5.07. The van der Waals surface area contributed by atoms with Crippen molar-refractivity contribution in [1.29, 1.82) is 0 Å². The normalized spacial score (nSPS) is 35.2. The number of hydrogen-bond donors (Lipinski definition) is 2. The van der Waals surface area contributed by atoms with Gasteiger partial charge in [-0.05, 0) is 0 Å². The van der Waals surface area contributed by atoms with Crippen molar-refractivity contribution in [2.75, 3.05) is 13.2 Å². The Morgan fingerprint density at radius 3 is 1.50 bits per heavy atom. The molecule has 2 aromatic carbocycles. The Morgan fingerprint density at radius 1 is 0.615 bits per heavy atom. The molecule has 0 amide bonds. The molecule has 6 heteroatoms. The molecule has 0 radical (unpaired) electrons. The van der Waals surface area contributed by atoms with Crippen molar-refractivity contribution in [3.05, 3.63) is 71.8 Å². The van der Waals surface area contributed by atoms with E-state index in [1.54, 1.807) is 0 Å². The number of ether oxygens (including phenoxy) is 4. The number of hydrogen-bond acceptors (Lipinski definition) is 6. The van der Waals surface area contributed by atoms with E-state index >= 15 is 0 Å². The highest BCUT2D eigenvalue weighted by molar-refractivity contribution is 5.17. The minimum atomic E-state index is -1.13. The molecular weight excluding hydrogens is 336 g/mol. The van der Waals surface area contributed by atoms with Gasteiger partial charge in [-0.25, -0.2) is 0 Å². The van der Waals surface area contributed by atoms with Crippen LogP contribution in [0, 0.1) is 0 Å². The van der Waals surface area contributed by atoms with Gasteiger partial charge in [0.1, 0.15) is 24.4 Å². The van der Waals surface area contributed by atoms with Gasteiger partial charge in [0.2, 0.25) is 0 Å². The van der Waals surface area contributed by atoms with E-state index in [2.05, 4.69) is 0 Å². The molecule has 0 aliphatic carbocycles. The first-order valence-corrected chi connectivity index (χ1v) is 8.72. The van der Waals surface area contributed by atoms with Crippen LogP contribution in [0.3, 0.4) is 0 Å². The first-order valence-electron chi connectivity index (χ1n) is 8.72. The number of fused-ring (bicyclic) bond motifs is 3. The van der Waals surface area contributed by atoms with Gasteiger partial charge in [-0.2, -0.15) is 0 Å². The SMILES string of the molecule is O[C@@H]1[C@@H](O)[C@H]2COC(c3ccccc3)OC[C@@H]1OC(c1ccccc1)O2. The Kier molecular flexibility index (Phi) is 5.31. The number of aliphatic hydroxyl groups excluding tert-OH is 2. The van der Waals surface area contributed by atoms with E-state index in [0.29, 0.717) is 0 Å². The van der Waals surface area contributed by atoms with Crippen LogP contribution in [0.2, 0.25) is 0 Å². The van der Waals surface area contributed by atoms with Gasteiger partial charge in [0.05, 0.1) is 13.2 Å². The molecule has 2 bridgehead atoms. The molecule has 2 saturated heterocycles. The highest BCUT2D eigenvalue weighted by atomic mass is 16.7. The van der Waals surface area contributed by atoms with Gasteiger partial charge in [-0.3, -0.25) is 0 Å². The van der Waals surface area contributed by atoms with Gasteiger partial charge in [0, 0.05) is 11.1 Å². The van der Waals surface area contributed by atoms with E-state index in [1.165, 1.54) is 0 Å². The van der Waals surface area contributed by atoms with Crippen LogP contribution in [-0.4, -0.2) is 47.8 Å². The molecule has 6 atom stereocenters. The summed E-state index contributed by atoms with van der Waals surface area (Å²) in [6, 6.07) is 18.9. The van der Waals surface area contributed by atoms with Crippen molar-refractivity contribution in [2.45, 2.75) is 37.0 Å². The molecule has 2 unspecified atom stereocenters. The number of rotatable bonds is 2. The second kappa shape index (κ2) is 7.84. The molecule has 0 spiro atoms. The van der Waals surface area contributed by atoms with E-state index in [0.717, 1.165) is 11.1 Å². The predicted octanol–water partition coefficient (Wildman–Crippen LogP) is 1.94. The molecule has 0 saturated carbocycles. The predicted molar refractivity (Wildman–Crippen MR) is 92.0 cm³/mol. The first-order chi connectivity index (χ1) is 12.7. The summed E-state index contributed by atoms with van der Waals surface area (Å²) in [7, 11) is 0. The van der Waals surface area contributed by atoms with Gasteiger partial charge in [0.15, 0.2) is 12.6 Å². The number of aliphatic hydroxyl groups is 2. The Morgan fingerprint density at radius 2 is 1.04 bits per heavy atom. The van der Waals surface area contributed by atoms with Crippen molar-refractivity contribution in [3.63, 3.8) is 0 Å². The van der Waals surface area contributed by atoms with Crippen LogP contribution in [0.1, 0.15) is 23.7 Å². The lowest BCUT2D eigenvalue weighted by Gasteiger charge is -2.28. The summed E-state index contributed by atoms with van der Waals surface area (Å²) >= 11 is 0. The minimum Gasteiger partial charge on any atom is -0.387 e. The van der Waals surface area contributed by atoms with Crippen LogP contribution in [0.4, 0.5) is 0 Å². The molecule has 4 rings (SSSR count). The van der Waals surface area contributed by atoms with Crippen molar-refractivity contribution >= 4 is 0 Å². The lowest BCUT2D eigenvalue weighted by Crippen LogP contribution is -2.45. The van der Waals surface area contributed by atoms with E-state index in [9.17, 15) is 10.2 Å². The molecule has 2 aliphatic heterocycles. The maximum absolute atomic E-state index is 10.5. The van der Waals surface area contributed by atoms with Crippen LogP contribution in [0.5, 0.6) is 0 Å². The third kappa shape index (κ3) is 3.66. The molecular formula is C20H22O6. The van der Waals surface area contributed by atoms with Crippen molar-refractivity contribution in [2.24, 2.45) is 0 Å². The van der Waals surface area contributed by atoms with Crippen LogP contribution < -0.4 is 0 Å². The number of benzene rings is 2. The van der Waals surface area contributed by atoms with Crippen LogP contribution in [0.25, 0.3) is 0 Å². The van der Waals surface area contributed by atoms with Gasteiger partial charge in [-0.15, -0.1) is 0 Å². The van der Waals surface area contributed by atoms with Gasteiger partial charge in [-0.1, -0.05) is 60.7 Å². The zero-order valence-corrected chi connectivity index (χ0v) is 14.2. The summed E-state index contributed by atoms with van der Waals surface area (Å²) in [6.45, 7) is 0.133. The van der Waals surface area contributed by atoms with Gasteiger partial charge < -0.3 is 29.2 Å². The average molecular weight is 358 g/mol. The minimum absolute atomic E-state index is 0.0667. The summed E-state index contributed by atoms with van der Waals surface area (Å²) in [4.78, 5) is 0. The van der Waals surface area contributed by atoms with Gasteiger partial charge >= 0.3 is 0 Å². The Labute approximate surface area is 151 Å². The van der Waals surface area contributed by atoms with E-state index in [1.807, 2.05) is 60.7 Å². The largest absolute Gasteiger partial charge is 0.387 e. The highest BCUT2D eigenvalue weighted by Gasteiger charge is 2.42. The summed E-state index contributed by atoms with van der Waals surface area (Å²) in [5.41, 5.74) is 1.67. The fourth-order valence-electron chi connectivity index (χ4n) is 3.21. The van der Waals surface area contributed by atoms with Crippen LogP contribution in [0.15, 0.2) is 60.7 Å². The fourth-order valence-corrected chi connectivity index (χ4v) is 3.21. The fraction of sp³-hybridized carbons (Fsp3) is 0.400. The molecule has 2 heterocycles. The molecule has 0 aromatic heterocycles. The smallest absolute Gasteiger partial charge is 0.184 e. The van der Waals surface area contributed by atoms with Gasteiger partial charge in [0.25, 0.3) is 0 Å². The monoisotopic (exact) mass is 358 g/mol. The second-order valence-electron chi connectivity index (χ2n) is 6.48. The molecule has 2 aliphatic rings. The average Bonchev–Trinajstić information content (AvgIpc) is 2.78. The zero-order chi connectivity index (χ0) is 17.9. The molecule has 6 nitrogen and oxygen atoms in total. The topological polar surface area (TPSA) is 77.4 Å². The Hall–Kier alpha value is -1.80. The standard InChI is InChI=1S/C20H22O6/c21-17-15-11-23-19(13-7-3-1-4-8-13)24-12-16(18(17)22)26-20(25-15)14-9-5-2-6-10-14/h1-10,15-22H,11-12H2/t15-,16+,17-,18-,19?,20?/m0/s1. The quantitative estimate of drug-likeness (QED) is 0.854. The van der Waals surface area contributed by atoms with Crippen LogP contribution >= 0.6 is 0 Å². The molecule has 2 aromatic rings. The summed E-state index contributed by atoms with van der Waals surface area (Å²) in [5.74, 6) is 0. The lowest BCUT2D eigenvalue weighted by molar-refractivity contribution is -0.252. The highest BCUT2D eigenvalue weighted by Crippen LogP contribution is 2.33. The van der Waals surface area contributed by atoms with E-state index < -0.39 is 37.0 Å². The van der Waals surface area contributed by atoms with E-state index in [-0.39, 0.29) is 13.2 Å². The summed E-state index contributed by atoms with van der Waals surface area (Å²) in [5, 5.41) is 21.0.